The molecule has 1 saturated carbocycles. The van der Waals surface area contributed by atoms with Gasteiger partial charge >= 0.3 is 6.18 Å². The van der Waals surface area contributed by atoms with E-state index in [9.17, 15) is 18.0 Å². The summed E-state index contributed by atoms with van der Waals surface area (Å²) in [6.07, 6.45) is -2.63. The predicted octanol–water partition coefficient (Wildman–Crippen LogP) is 3.30. The Hall–Kier alpha value is -2.12. The molecule has 3 rings (SSSR count). The van der Waals surface area contributed by atoms with Gasteiger partial charge in [0.15, 0.2) is 0 Å². The van der Waals surface area contributed by atoms with Gasteiger partial charge in [0.05, 0.1) is 11.4 Å². The Bertz CT molecular complexity index is 740. The molecule has 0 saturated heterocycles. The van der Waals surface area contributed by atoms with Crippen LogP contribution in [-0.4, -0.2) is 33.1 Å². The molecule has 2 atom stereocenters. The summed E-state index contributed by atoms with van der Waals surface area (Å²) < 4.78 is 41.1. The Morgan fingerprint density at radius 2 is 2.08 bits per heavy atom. The van der Waals surface area contributed by atoms with Crippen LogP contribution in [0.1, 0.15) is 43.0 Å². The second kappa shape index (κ2) is 6.41. The summed E-state index contributed by atoms with van der Waals surface area (Å²) in [4.78, 5) is 12.4. The number of amides is 1. The van der Waals surface area contributed by atoms with Gasteiger partial charge in [-0.05, 0) is 38.0 Å². The van der Waals surface area contributed by atoms with Crippen LogP contribution in [0.5, 0.6) is 0 Å². The van der Waals surface area contributed by atoms with Gasteiger partial charge < -0.3 is 5.32 Å². The third-order valence-corrected chi connectivity index (χ3v) is 4.58. The van der Waals surface area contributed by atoms with Gasteiger partial charge in [0.2, 0.25) is 0 Å². The van der Waals surface area contributed by atoms with Crippen molar-refractivity contribution in [2.75, 3.05) is 0 Å². The first-order valence-corrected chi connectivity index (χ1v) is 8.11. The molecule has 1 aliphatic rings. The summed E-state index contributed by atoms with van der Waals surface area (Å²) in [6, 6.07) is 4.01. The number of halogens is 3. The molecule has 2 aromatic rings. The zero-order valence-electron chi connectivity index (χ0n) is 13.3. The number of nitrogens with one attached hydrogen (secondary N) is 1. The molecule has 1 heterocycles. The van der Waals surface area contributed by atoms with Gasteiger partial charge in [-0.25, -0.2) is 4.68 Å². The van der Waals surface area contributed by atoms with E-state index in [0.29, 0.717) is 36.9 Å². The van der Waals surface area contributed by atoms with Gasteiger partial charge in [-0.1, -0.05) is 18.1 Å². The van der Waals surface area contributed by atoms with E-state index >= 15 is 0 Å². The van der Waals surface area contributed by atoms with Crippen molar-refractivity contribution in [3.05, 3.63) is 23.8 Å². The molecule has 1 aromatic carbocycles. The van der Waals surface area contributed by atoms with Gasteiger partial charge in [-0.3, -0.25) is 4.79 Å². The van der Waals surface area contributed by atoms with E-state index in [0.717, 1.165) is 5.52 Å². The van der Waals surface area contributed by atoms with E-state index in [-0.39, 0.29) is 6.42 Å². The number of aromatic nitrogens is 3. The van der Waals surface area contributed by atoms with Crippen molar-refractivity contribution in [1.29, 1.82) is 0 Å². The van der Waals surface area contributed by atoms with Crippen molar-refractivity contribution in [1.82, 2.24) is 20.3 Å². The average Bonchev–Trinajstić information content (AvgIpc) is 2.96. The molecule has 1 aromatic heterocycles. The fourth-order valence-corrected chi connectivity index (χ4v) is 3.29. The average molecular weight is 340 g/mol. The van der Waals surface area contributed by atoms with Crippen molar-refractivity contribution >= 4 is 16.9 Å². The van der Waals surface area contributed by atoms with Gasteiger partial charge in [-0.2, -0.15) is 13.2 Å². The molecule has 1 fully saturated rings. The summed E-state index contributed by atoms with van der Waals surface area (Å²) >= 11 is 0. The maximum atomic E-state index is 13.1. The lowest BCUT2D eigenvalue weighted by Crippen LogP contribution is -2.47. The third-order valence-electron chi connectivity index (χ3n) is 4.58. The van der Waals surface area contributed by atoms with Crippen LogP contribution in [-0.2, 0) is 6.54 Å². The largest absolute Gasteiger partial charge is 0.393 e. The molecule has 1 aliphatic carbocycles. The SMILES string of the molecule is CCn1nnc2cc(C(=O)N[C@@H]3CCCC[C@@H]3C(F)(F)F)ccc21. The van der Waals surface area contributed by atoms with Crippen LogP contribution in [0, 0.1) is 5.92 Å². The van der Waals surface area contributed by atoms with Gasteiger partial charge in [0.1, 0.15) is 5.52 Å². The number of carbonyl (C=O) groups excluding carboxylic acids is 1. The lowest BCUT2D eigenvalue weighted by Gasteiger charge is -2.33. The number of hydrogen-bond acceptors (Lipinski definition) is 3. The Balaban J connectivity index is 1.78. The van der Waals surface area contributed by atoms with Crippen molar-refractivity contribution in [3.8, 4) is 0 Å². The molecule has 0 bridgehead atoms. The van der Waals surface area contributed by atoms with Gasteiger partial charge in [0.25, 0.3) is 5.91 Å². The van der Waals surface area contributed by atoms with Crippen LogP contribution in [0.15, 0.2) is 18.2 Å². The molecular weight excluding hydrogens is 321 g/mol. The molecule has 5 nitrogen and oxygen atoms in total. The second-order valence-electron chi connectivity index (χ2n) is 6.12. The normalized spacial score (nSPS) is 21.8. The summed E-state index contributed by atoms with van der Waals surface area (Å²) in [5, 5.41) is 10.5. The van der Waals surface area contributed by atoms with Crippen molar-refractivity contribution in [2.24, 2.45) is 5.92 Å². The zero-order chi connectivity index (χ0) is 17.3. The van der Waals surface area contributed by atoms with Crippen LogP contribution in [0.3, 0.4) is 0 Å². The first-order chi connectivity index (χ1) is 11.4. The zero-order valence-corrected chi connectivity index (χ0v) is 13.3. The highest BCUT2D eigenvalue weighted by molar-refractivity contribution is 5.97. The lowest BCUT2D eigenvalue weighted by atomic mass is 9.84. The van der Waals surface area contributed by atoms with E-state index < -0.39 is 24.0 Å². The van der Waals surface area contributed by atoms with Gasteiger partial charge in [-0.15, -0.1) is 5.10 Å². The third kappa shape index (κ3) is 3.22. The van der Waals surface area contributed by atoms with Crippen molar-refractivity contribution in [3.63, 3.8) is 0 Å². The first-order valence-electron chi connectivity index (χ1n) is 8.11. The van der Waals surface area contributed by atoms with E-state index in [1.54, 1.807) is 22.9 Å². The highest BCUT2D eigenvalue weighted by Crippen LogP contribution is 2.37. The van der Waals surface area contributed by atoms with E-state index in [4.69, 9.17) is 0 Å². The quantitative estimate of drug-likeness (QED) is 0.933. The smallest absolute Gasteiger partial charge is 0.349 e. The molecule has 0 unspecified atom stereocenters. The summed E-state index contributed by atoms with van der Waals surface area (Å²) in [7, 11) is 0. The minimum Gasteiger partial charge on any atom is -0.349 e. The van der Waals surface area contributed by atoms with E-state index in [1.165, 1.54) is 0 Å². The second-order valence-corrected chi connectivity index (χ2v) is 6.12. The molecule has 1 amide bonds. The van der Waals surface area contributed by atoms with Crippen LogP contribution < -0.4 is 5.32 Å². The maximum absolute atomic E-state index is 13.1. The van der Waals surface area contributed by atoms with Crippen molar-refractivity contribution in [2.45, 2.75) is 51.4 Å². The fraction of sp³-hybridized carbons (Fsp3) is 0.562. The monoisotopic (exact) mass is 340 g/mol. The predicted molar refractivity (Wildman–Crippen MR) is 82.5 cm³/mol. The van der Waals surface area contributed by atoms with E-state index in [1.807, 2.05) is 6.92 Å². The number of carbonyl (C=O) groups is 1. The molecule has 1 N–H and O–H groups in total. The van der Waals surface area contributed by atoms with Crippen LogP contribution in [0.4, 0.5) is 13.2 Å². The summed E-state index contributed by atoms with van der Waals surface area (Å²) in [5.41, 5.74) is 1.65. The Morgan fingerprint density at radius 3 is 2.79 bits per heavy atom. The molecule has 0 radical (unpaired) electrons. The van der Waals surface area contributed by atoms with E-state index in [2.05, 4.69) is 15.6 Å². The molecule has 8 heteroatoms. The number of benzene rings is 1. The lowest BCUT2D eigenvalue weighted by molar-refractivity contribution is -0.187. The van der Waals surface area contributed by atoms with Crippen LogP contribution >= 0.6 is 0 Å². The van der Waals surface area contributed by atoms with Crippen molar-refractivity contribution < 1.29 is 18.0 Å². The first kappa shape index (κ1) is 16.7. The molecular formula is C16H19F3N4O. The fourth-order valence-electron chi connectivity index (χ4n) is 3.29. The highest BCUT2D eigenvalue weighted by atomic mass is 19.4. The standard InChI is InChI=1S/C16H19F3N4O/c1-2-23-14-8-7-10(9-13(14)21-22-23)15(24)20-12-6-4-3-5-11(12)16(17,18)19/h7-9,11-12H,2-6H2,1H3,(H,20,24)/t11-,12+/m0/s1. The number of aryl methyl sites for hydroxylation is 1. The topological polar surface area (TPSA) is 59.8 Å². The number of alkyl halides is 3. The number of hydrogen-bond donors (Lipinski definition) is 1. The Kier molecular flexibility index (Phi) is 4.47. The molecule has 0 aliphatic heterocycles. The summed E-state index contributed by atoms with van der Waals surface area (Å²) in [5.74, 6) is -1.97. The number of fused-ring (bicyclic) bond motifs is 1. The molecule has 0 spiro atoms. The van der Waals surface area contributed by atoms with Crippen LogP contribution in [0.2, 0.25) is 0 Å². The number of nitrogens with zero attached hydrogens (tertiary/aromatic N) is 3. The molecule has 130 valence electrons. The summed E-state index contributed by atoms with van der Waals surface area (Å²) in [6.45, 7) is 2.58. The Labute approximate surface area is 137 Å². The molecule has 24 heavy (non-hydrogen) atoms. The number of rotatable bonds is 3. The Morgan fingerprint density at radius 1 is 1.33 bits per heavy atom. The van der Waals surface area contributed by atoms with Crippen LogP contribution in [0.25, 0.3) is 11.0 Å². The minimum atomic E-state index is -4.29. The highest BCUT2D eigenvalue weighted by Gasteiger charge is 2.46. The van der Waals surface area contributed by atoms with Gasteiger partial charge in [0, 0.05) is 18.2 Å². The minimum absolute atomic E-state index is 0.0678. The maximum Gasteiger partial charge on any atom is 0.393 e.